The fourth-order valence-electron chi connectivity index (χ4n) is 5.04. The number of carbonyl (C=O) groups is 1. The number of aryl methyl sites for hydroxylation is 1. The number of fused-ring (bicyclic) bond motifs is 1. The van der Waals surface area contributed by atoms with Gasteiger partial charge in [0.15, 0.2) is 5.16 Å². The lowest BCUT2D eigenvalue weighted by Crippen LogP contribution is -2.42. The molecule has 0 aliphatic carbocycles. The fourth-order valence-corrected chi connectivity index (χ4v) is 5.98. The maximum Gasteiger partial charge on any atom is 0.303 e. The lowest BCUT2D eigenvalue weighted by molar-refractivity contribution is -0.139. The highest BCUT2D eigenvalue weighted by Crippen LogP contribution is 2.35. The molecule has 2 aromatic heterocycles. The van der Waals surface area contributed by atoms with Crippen LogP contribution >= 0.6 is 11.8 Å². The Morgan fingerprint density at radius 3 is 2.86 bits per heavy atom. The summed E-state index contributed by atoms with van der Waals surface area (Å²) in [6, 6.07) is 7.54. The van der Waals surface area contributed by atoms with Crippen LogP contribution in [0.3, 0.4) is 0 Å². The molecular weight excluding hydrogens is 464 g/mol. The van der Waals surface area contributed by atoms with Crippen LogP contribution in [0.2, 0.25) is 0 Å². The number of pyridine rings is 1. The number of benzene rings is 1. The molecule has 0 saturated carbocycles. The highest BCUT2D eigenvalue weighted by molar-refractivity contribution is 7.99. The number of thioether (sulfide) groups is 1. The number of aromatic nitrogens is 3. The van der Waals surface area contributed by atoms with Gasteiger partial charge in [0.1, 0.15) is 5.75 Å². The van der Waals surface area contributed by atoms with E-state index in [2.05, 4.69) is 14.9 Å². The topological polar surface area (TPSA) is 101 Å². The van der Waals surface area contributed by atoms with E-state index in [-0.39, 0.29) is 18.3 Å². The van der Waals surface area contributed by atoms with Gasteiger partial charge >= 0.3 is 5.97 Å². The van der Waals surface area contributed by atoms with E-state index in [1.54, 1.807) is 31.3 Å². The molecule has 35 heavy (non-hydrogen) atoms. The smallest absolute Gasteiger partial charge is 0.303 e. The Bertz CT molecular complexity index is 1140. The number of rotatable bonds is 11. The van der Waals surface area contributed by atoms with Gasteiger partial charge in [-0.15, -0.1) is 0 Å². The minimum atomic E-state index is -0.753. The second kappa shape index (κ2) is 11.9. The number of piperidine rings is 1. The normalized spacial score (nSPS) is 19.6. The number of methoxy groups -OCH3 is 1. The van der Waals surface area contributed by atoms with Crippen molar-refractivity contribution in [1.29, 1.82) is 0 Å². The molecular formula is C26H34N4O4S. The van der Waals surface area contributed by atoms with Crippen LogP contribution in [0.25, 0.3) is 10.9 Å². The van der Waals surface area contributed by atoms with Gasteiger partial charge in [0.05, 0.1) is 18.7 Å². The maximum atomic E-state index is 11.6. The maximum absolute atomic E-state index is 11.6. The van der Waals surface area contributed by atoms with Gasteiger partial charge in [0, 0.05) is 56.3 Å². The summed E-state index contributed by atoms with van der Waals surface area (Å²) in [5.41, 5.74) is 1.66. The molecule has 0 bridgehead atoms. The molecule has 1 aliphatic rings. The number of carboxylic acid groups (broad SMARTS) is 1. The van der Waals surface area contributed by atoms with Crippen molar-refractivity contribution in [3.8, 4) is 5.75 Å². The molecule has 8 nitrogen and oxygen atoms in total. The van der Waals surface area contributed by atoms with E-state index < -0.39 is 12.1 Å². The third-order valence-electron chi connectivity index (χ3n) is 6.98. The zero-order chi connectivity index (χ0) is 24.8. The van der Waals surface area contributed by atoms with Gasteiger partial charge in [-0.2, -0.15) is 0 Å². The summed E-state index contributed by atoms with van der Waals surface area (Å²) in [6.07, 6.45) is 7.33. The fraction of sp³-hybridized carbons (Fsp3) is 0.500. The molecule has 3 heterocycles. The second-order valence-corrected chi connectivity index (χ2v) is 10.3. The second-order valence-electron chi connectivity index (χ2n) is 9.25. The van der Waals surface area contributed by atoms with Crippen molar-refractivity contribution >= 4 is 28.6 Å². The number of nitrogens with zero attached hydrogens (tertiary/aromatic N) is 4. The molecule has 2 N–H and O–H groups in total. The van der Waals surface area contributed by atoms with Gasteiger partial charge < -0.3 is 24.4 Å². The SMILES string of the molecule is COc1ccc2nccc(C(O)CC[C@@H]3CCN(CCSc4nccn4C)C[C@@H]3CC(=O)O)c2c1. The number of aliphatic hydroxyl groups excluding tert-OH is 1. The zero-order valence-corrected chi connectivity index (χ0v) is 21.2. The summed E-state index contributed by atoms with van der Waals surface area (Å²) >= 11 is 1.73. The molecule has 0 spiro atoms. The van der Waals surface area contributed by atoms with E-state index in [4.69, 9.17) is 4.74 Å². The van der Waals surface area contributed by atoms with Gasteiger partial charge in [-0.25, -0.2) is 4.98 Å². The summed E-state index contributed by atoms with van der Waals surface area (Å²) in [5, 5.41) is 22.5. The van der Waals surface area contributed by atoms with E-state index >= 15 is 0 Å². The van der Waals surface area contributed by atoms with Crippen molar-refractivity contribution in [1.82, 2.24) is 19.4 Å². The molecule has 1 unspecified atom stereocenters. The van der Waals surface area contributed by atoms with E-state index in [0.29, 0.717) is 6.42 Å². The number of carboxylic acids is 1. The first-order chi connectivity index (χ1) is 16.9. The molecule has 1 aliphatic heterocycles. The van der Waals surface area contributed by atoms with Crippen molar-refractivity contribution in [2.75, 3.05) is 32.5 Å². The van der Waals surface area contributed by atoms with E-state index in [0.717, 1.165) is 65.6 Å². The van der Waals surface area contributed by atoms with Crippen molar-refractivity contribution in [3.63, 3.8) is 0 Å². The molecule has 9 heteroatoms. The van der Waals surface area contributed by atoms with Crippen LogP contribution in [0.15, 0.2) is 48.0 Å². The Morgan fingerprint density at radius 2 is 2.11 bits per heavy atom. The van der Waals surface area contributed by atoms with Crippen molar-refractivity contribution in [3.05, 3.63) is 48.4 Å². The molecule has 3 aromatic rings. The van der Waals surface area contributed by atoms with Crippen molar-refractivity contribution in [2.45, 2.75) is 36.9 Å². The Morgan fingerprint density at radius 1 is 1.26 bits per heavy atom. The number of aliphatic carboxylic acids is 1. The monoisotopic (exact) mass is 498 g/mol. The number of ether oxygens (including phenoxy) is 1. The standard InChI is InChI=1S/C26H34N4O4S/c1-29-12-10-28-26(29)35-14-13-30-11-8-18(19(17-30)15-25(32)33)3-6-24(31)21-7-9-27-23-5-4-20(34-2)16-22(21)23/h4-5,7,9-10,12,16,18-19,24,31H,3,6,8,11,13-15,17H2,1-2H3,(H,32,33)/t18-,19+,24?/m1/s1. The average Bonchev–Trinajstić information content (AvgIpc) is 3.26. The van der Waals surface area contributed by atoms with Crippen LogP contribution in [0.5, 0.6) is 5.75 Å². The number of aliphatic hydroxyl groups is 1. The third-order valence-corrected chi connectivity index (χ3v) is 8.02. The minimum absolute atomic E-state index is 0.0842. The molecule has 1 saturated heterocycles. The highest BCUT2D eigenvalue weighted by Gasteiger charge is 2.31. The van der Waals surface area contributed by atoms with Crippen molar-refractivity contribution in [2.24, 2.45) is 18.9 Å². The lowest BCUT2D eigenvalue weighted by Gasteiger charge is -2.38. The van der Waals surface area contributed by atoms with Gasteiger partial charge in [-0.05, 0) is 67.5 Å². The van der Waals surface area contributed by atoms with Crippen LogP contribution in [0.4, 0.5) is 0 Å². The predicted octanol–water partition coefficient (Wildman–Crippen LogP) is 4.00. The predicted molar refractivity (Wildman–Crippen MR) is 137 cm³/mol. The van der Waals surface area contributed by atoms with Gasteiger partial charge in [-0.1, -0.05) is 11.8 Å². The van der Waals surface area contributed by atoms with Gasteiger partial charge in [-0.3, -0.25) is 9.78 Å². The Kier molecular flexibility index (Phi) is 8.64. The van der Waals surface area contributed by atoms with Gasteiger partial charge in [0.2, 0.25) is 0 Å². The molecule has 1 aromatic carbocycles. The van der Waals surface area contributed by atoms with Crippen LogP contribution in [-0.4, -0.2) is 68.1 Å². The number of hydrogen-bond donors (Lipinski definition) is 2. The summed E-state index contributed by atoms with van der Waals surface area (Å²) < 4.78 is 7.36. The zero-order valence-electron chi connectivity index (χ0n) is 20.3. The third kappa shape index (κ3) is 6.54. The first-order valence-corrected chi connectivity index (χ1v) is 13.1. The Hall–Kier alpha value is -2.62. The first kappa shape index (κ1) is 25.5. The molecule has 0 amide bonds. The van der Waals surface area contributed by atoms with E-state index in [1.165, 1.54) is 0 Å². The summed E-state index contributed by atoms with van der Waals surface area (Å²) in [7, 11) is 3.61. The largest absolute Gasteiger partial charge is 0.497 e. The molecule has 188 valence electrons. The quantitative estimate of drug-likeness (QED) is 0.383. The van der Waals surface area contributed by atoms with Crippen LogP contribution in [0.1, 0.15) is 37.4 Å². The first-order valence-electron chi connectivity index (χ1n) is 12.1. The van der Waals surface area contributed by atoms with Crippen LogP contribution in [-0.2, 0) is 11.8 Å². The number of likely N-dealkylation sites (tertiary alicyclic amines) is 1. The summed E-state index contributed by atoms with van der Waals surface area (Å²) in [6.45, 7) is 2.64. The average molecular weight is 499 g/mol. The Balaban J connectivity index is 1.35. The van der Waals surface area contributed by atoms with E-state index in [9.17, 15) is 15.0 Å². The summed E-state index contributed by atoms with van der Waals surface area (Å²) in [5.74, 6) is 1.26. The molecule has 4 rings (SSSR count). The lowest BCUT2D eigenvalue weighted by atomic mass is 9.79. The Labute approximate surface area is 210 Å². The molecule has 0 radical (unpaired) electrons. The molecule has 1 fully saturated rings. The van der Waals surface area contributed by atoms with Gasteiger partial charge in [0.25, 0.3) is 0 Å². The minimum Gasteiger partial charge on any atom is -0.497 e. The van der Waals surface area contributed by atoms with Crippen LogP contribution in [0, 0.1) is 11.8 Å². The van der Waals surface area contributed by atoms with Crippen LogP contribution < -0.4 is 4.74 Å². The van der Waals surface area contributed by atoms with E-state index in [1.807, 2.05) is 42.1 Å². The molecule has 3 atom stereocenters. The summed E-state index contributed by atoms with van der Waals surface area (Å²) in [4.78, 5) is 22.7. The number of hydrogen-bond acceptors (Lipinski definition) is 7. The number of imidazole rings is 1. The highest BCUT2D eigenvalue weighted by atomic mass is 32.2. The van der Waals surface area contributed by atoms with Crippen molar-refractivity contribution < 1.29 is 19.7 Å².